The summed E-state index contributed by atoms with van der Waals surface area (Å²) in [5.74, 6) is 2.42. The van der Waals surface area contributed by atoms with Crippen molar-refractivity contribution in [2.75, 3.05) is 45.3 Å². The van der Waals surface area contributed by atoms with Crippen LogP contribution in [0.2, 0.25) is 0 Å². The van der Waals surface area contributed by atoms with Gasteiger partial charge in [-0.05, 0) is 37.1 Å². The number of carbonyl (C=O) groups excluding carboxylic acids is 1. The summed E-state index contributed by atoms with van der Waals surface area (Å²) in [5.41, 5.74) is 2.14. The third kappa shape index (κ3) is 3.57. The molecule has 0 unspecified atom stereocenters. The minimum absolute atomic E-state index is 0.155. The number of amides is 1. The van der Waals surface area contributed by atoms with E-state index in [0.29, 0.717) is 18.8 Å². The van der Waals surface area contributed by atoms with Crippen LogP contribution in [0.1, 0.15) is 18.5 Å². The minimum Gasteiger partial charge on any atom is -0.497 e. The lowest BCUT2D eigenvalue weighted by Crippen LogP contribution is -2.51. The topological polar surface area (TPSA) is 68.0 Å². The van der Waals surface area contributed by atoms with E-state index in [4.69, 9.17) is 14.0 Å². The molecule has 1 saturated heterocycles. The molecule has 3 aromatic rings. The molecule has 166 valence electrons. The average Bonchev–Trinajstić information content (AvgIpc) is 3.52. The Morgan fingerprint density at radius 2 is 1.75 bits per heavy atom. The monoisotopic (exact) mass is 433 g/mol. The Labute approximate surface area is 187 Å². The van der Waals surface area contributed by atoms with Gasteiger partial charge in [0.15, 0.2) is 5.76 Å². The number of benzene rings is 2. The van der Waals surface area contributed by atoms with E-state index in [2.05, 4.69) is 16.1 Å². The first kappa shape index (κ1) is 20.4. The van der Waals surface area contributed by atoms with E-state index in [9.17, 15) is 4.79 Å². The molecule has 0 radical (unpaired) electrons. The molecular weight excluding hydrogens is 406 g/mol. The van der Waals surface area contributed by atoms with Gasteiger partial charge in [0.25, 0.3) is 0 Å². The van der Waals surface area contributed by atoms with E-state index in [1.807, 2.05) is 53.4 Å². The number of rotatable bonds is 6. The van der Waals surface area contributed by atoms with E-state index in [0.717, 1.165) is 54.4 Å². The van der Waals surface area contributed by atoms with Gasteiger partial charge < -0.3 is 23.8 Å². The highest BCUT2D eigenvalue weighted by molar-refractivity contribution is 5.91. The van der Waals surface area contributed by atoms with Crippen LogP contribution in [0.4, 0.5) is 5.69 Å². The number of ether oxygens (including phenoxy) is 2. The first-order valence-corrected chi connectivity index (χ1v) is 10.9. The maximum atomic E-state index is 13.5. The zero-order valence-electron chi connectivity index (χ0n) is 18.4. The lowest BCUT2D eigenvalue weighted by atomic mass is 9.99. The molecule has 7 heteroatoms. The molecule has 0 spiro atoms. The number of carbonyl (C=O) groups is 1. The molecule has 1 amide bonds. The van der Waals surface area contributed by atoms with Gasteiger partial charge in [-0.15, -0.1) is 0 Å². The first-order valence-electron chi connectivity index (χ1n) is 10.9. The van der Waals surface area contributed by atoms with Gasteiger partial charge in [0.1, 0.15) is 11.5 Å². The molecule has 1 aromatic heterocycles. The van der Waals surface area contributed by atoms with Gasteiger partial charge in [-0.25, -0.2) is 0 Å². The standard InChI is InChI=1S/C25H27N3O4/c1-30-19-7-5-6-18(16-19)22-17-23(26-32-22)25(10-11-25)24(29)28-14-12-27(13-15-28)20-8-3-4-9-21(20)31-2/h3-9,16-17H,10-15H2,1-2H3. The summed E-state index contributed by atoms with van der Waals surface area (Å²) in [6, 6.07) is 17.6. The van der Waals surface area contributed by atoms with E-state index >= 15 is 0 Å². The number of hydrogen-bond acceptors (Lipinski definition) is 6. The normalized spacial score (nSPS) is 17.2. The highest BCUT2D eigenvalue weighted by Crippen LogP contribution is 2.50. The van der Waals surface area contributed by atoms with Gasteiger partial charge in [0.2, 0.25) is 5.91 Å². The predicted molar refractivity (Wildman–Crippen MR) is 121 cm³/mol. The van der Waals surface area contributed by atoms with Crippen molar-refractivity contribution in [2.45, 2.75) is 18.3 Å². The van der Waals surface area contributed by atoms with Crippen molar-refractivity contribution in [3.05, 3.63) is 60.3 Å². The van der Waals surface area contributed by atoms with E-state index in [-0.39, 0.29) is 5.91 Å². The van der Waals surface area contributed by atoms with E-state index < -0.39 is 5.41 Å². The van der Waals surface area contributed by atoms with Crippen molar-refractivity contribution in [3.8, 4) is 22.8 Å². The van der Waals surface area contributed by atoms with Crippen molar-refractivity contribution in [1.82, 2.24) is 10.1 Å². The smallest absolute Gasteiger partial charge is 0.235 e. The Bertz CT molecular complexity index is 1110. The quantitative estimate of drug-likeness (QED) is 0.590. The molecule has 2 heterocycles. The Morgan fingerprint density at radius 3 is 2.47 bits per heavy atom. The fourth-order valence-corrected chi connectivity index (χ4v) is 4.46. The number of aromatic nitrogens is 1. The summed E-state index contributed by atoms with van der Waals surface area (Å²) in [6.07, 6.45) is 1.62. The molecule has 32 heavy (non-hydrogen) atoms. The van der Waals surface area contributed by atoms with Gasteiger partial charge in [-0.3, -0.25) is 4.79 Å². The van der Waals surface area contributed by atoms with Gasteiger partial charge in [-0.2, -0.15) is 0 Å². The number of para-hydroxylation sites is 2. The van der Waals surface area contributed by atoms with Crippen LogP contribution in [-0.4, -0.2) is 56.4 Å². The maximum absolute atomic E-state index is 13.5. The van der Waals surface area contributed by atoms with Crippen molar-refractivity contribution in [2.24, 2.45) is 0 Å². The molecule has 2 aliphatic rings. The Balaban J connectivity index is 1.29. The molecule has 0 bridgehead atoms. The van der Waals surface area contributed by atoms with Gasteiger partial charge in [0, 0.05) is 37.8 Å². The second-order valence-electron chi connectivity index (χ2n) is 8.34. The fraction of sp³-hybridized carbons (Fsp3) is 0.360. The molecule has 1 aliphatic heterocycles. The summed E-state index contributed by atoms with van der Waals surface area (Å²) in [6.45, 7) is 2.91. The van der Waals surface area contributed by atoms with Crippen molar-refractivity contribution < 1.29 is 18.8 Å². The SMILES string of the molecule is COc1cccc(-c2cc(C3(C(=O)N4CCN(c5ccccc5OC)CC4)CC3)no2)c1. The van der Waals surface area contributed by atoms with E-state index in [1.54, 1.807) is 14.2 Å². The van der Waals surface area contributed by atoms with Crippen LogP contribution in [-0.2, 0) is 10.2 Å². The zero-order chi connectivity index (χ0) is 22.1. The maximum Gasteiger partial charge on any atom is 0.235 e. The number of hydrogen-bond donors (Lipinski definition) is 0. The fourth-order valence-electron chi connectivity index (χ4n) is 4.46. The number of methoxy groups -OCH3 is 2. The molecule has 0 N–H and O–H groups in total. The van der Waals surface area contributed by atoms with Crippen molar-refractivity contribution >= 4 is 11.6 Å². The third-order valence-electron chi connectivity index (χ3n) is 6.51. The van der Waals surface area contributed by atoms with Crippen LogP contribution in [0.3, 0.4) is 0 Å². The molecule has 1 saturated carbocycles. The summed E-state index contributed by atoms with van der Waals surface area (Å²) in [7, 11) is 3.32. The molecule has 1 aliphatic carbocycles. The Morgan fingerprint density at radius 1 is 0.969 bits per heavy atom. The first-order chi connectivity index (χ1) is 15.6. The van der Waals surface area contributed by atoms with Gasteiger partial charge in [-0.1, -0.05) is 29.4 Å². The Kier molecular flexibility index (Phi) is 5.25. The lowest BCUT2D eigenvalue weighted by Gasteiger charge is -2.37. The van der Waals surface area contributed by atoms with Gasteiger partial charge >= 0.3 is 0 Å². The number of anilines is 1. The Hall–Kier alpha value is -3.48. The van der Waals surface area contributed by atoms with Crippen molar-refractivity contribution in [3.63, 3.8) is 0 Å². The van der Waals surface area contributed by atoms with Gasteiger partial charge in [0.05, 0.1) is 31.0 Å². The summed E-state index contributed by atoms with van der Waals surface area (Å²) in [4.78, 5) is 17.7. The van der Waals surface area contributed by atoms with Crippen LogP contribution in [0.15, 0.2) is 59.1 Å². The van der Waals surface area contributed by atoms with Crippen molar-refractivity contribution in [1.29, 1.82) is 0 Å². The number of nitrogens with zero attached hydrogens (tertiary/aromatic N) is 3. The summed E-state index contributed by atoms with van der Waals surface area (Å²) >= 11 is 0. The third-order valence-corrected chi connectivity index (χ3v) is 6.51. The second kappa shape index (κ2) is 8.22. The largest absolute Gasteiger partial charge is 0.497 e. The molecule has 5 rings (SSSR count). The van der Waals surface area contributed by atoms with Crippen LogP contribution >= 0.6 is 0 Å². The molecule has 0 atom stereocenters. The van der Waals surface area contributed by atoms with E-state index in [1.165, 1.54) is 0 Å². The minimum atomic E-state index is -0.548. The molecule has 7 nitrogen and oxygen atoms in total. The highest BCUT2D eigenvalue weighted by atomic mass is 16.5. The lowest BCUT2D eigenvalue weighted by molar-refractivity contribution is -0.134. The average molecular weight is 434 g/mol. The highest BCUT2D eigenvalue weighted by Gasteiger charge is 2.55. The predicted octanol–water partition coefficient (Wildman–Crippen LogP) is 3.74. The van der Waals surface area contributed by atoms with Crippen LogP contribution in [0.5, 0.6) is 11.5 Å². The van der Waals surface area contributed by atoms with Crippen LogP contribution in [0.25, 0.3) is 11.3 Å². The second-order valence-corrected chi connectivity index (χ2v) is 8.34. The summed E-state index contributed by atoms with van der Waals surface area (Å²) in [5, 5.41) is 4.29. The van der Waals surface area contributed by atoms with Crippen LogP contribution < -0.4 is 14.4 Å². The van der Waals surface area contributed by atoms with Crippen LogP contribution in [0, 0.1) is 0 Å². The molecule has 2 aromatic carbocycles. The zero-order valence-corrected chi connectivity index (χ0v) is 18.4. The molecule has 2 fully saturated rings. The number of piperazine rings is 1. The molecular formula is C25H27N3O4. The summed E-state index contributed by atoms with van der Waals surface area (Å²) < 4.78 is 16.4.